The molecule has 0 aromatic heterocycles. The van der Waals surface area contributed by atoms with E-state index in [0.717, 1.165) is 45.1 Å². The van der Waals surface area contributed by atoms with E-state index in [-0.39, 0.29) is 0 Å². The van der Waals surface area contributed by atoms with E-state index in [2.05, 4.69) is 28.4 Å². The van der Waals surface area contributed by atoms with Gasteiger partial charge in [-0.25, -0.2) is 0 Å². The van der Waals surface area contributed by atoms with Crippen molar-refractivity contribution in [3.05, 3.63) is 29.3 Å². The van der Waals surface area contributed by atoms with E-state index < -0.39 is 0 Å². The van der Waals surface area contributed by atoms with Crippen LogP contribution in [0.4, 0.5) is 0 Å². The Hall–Kier alpha value is -1.10. The second-order valence-corrected chi connectivity index (χ2v) is 7.10. The van der Waals surface area contributed by atoms with Gasteiger partial charge < -0.3 is 14.8 Å². The summed E-state index contributed by atoms with van der Waals surface area (Å²) in [7, 11) is 1.77. The maximum Gasteiger partial charge on any atom is 0.123 e. The molecule has 134 valence electrons. The molecule has 0 bridgehead atoms. The number of methoxy groups -OCH3 is 1. The summed E-state index contributed by atoms with van der Waals surface area (Å²) in [5.41, 5.74) is 2.66. The molecule has 1 saturated carbocycles. The van der Waals surface area contributed by atoms with Gasteiger partial charge in [0, 0.05) is 37.8 Å². The summed E-state index contributed by atoms with van der Waals surface area (Å²) < 4.78 is 11.0. The van der Waals surface area contributed by atoms with Gasteiger partial charge in [-0.1, -0.05) is 31.7 Å². The summed E-state index contributed by atoms with van der Waals surface area (Å²) in [6.45, 7) is 5.60. The molecule has 0 atom stereocenters. The molecule has 1 saturated heterocycles. The highest BCUT2D eigenvalue weighted by atomic mass is 16.5. The maximum absolute atomic E-state index is 5.57. The number of morpholine rings is 1. The van der Waals surface area contributed by atoms with Crippen LogP contribution in [0, 0.1) is 0 Å². The molecule has 1 heterocycles. The average molecular weight is 332 g/mol. The second kappa shape index (κ2) is 9.40. The molecule has 3 rings (SSSR count). The van der Waals surface area contributed by atoms with E-state index in [0.29, 0.717) is 6.04 Å². The fourth-order valence-electron chi connectivity index (χ4n) is 3.81. The predicted octanol–water partition coefficient (Wildman–Crippen LogP) is 3.34. The quantitative estimate of drug-likeness (QED) is 0.810. The van der Waals surface area contributed by atoms with Crippen molar-refractivity contribution in [1.29, 1.82) is 0 Å². The van der Waals surface area contributed by atoms with Crippen LogP contribution in [-0.2, 0) is 17.8 Å². The van der Waals surface area contributed by atoms with Crippen molar-refractivity contribution in [1.82, 2.24) is 10.2 Å². The van der Waals surface area contributed by atoms with Crippen molar-refractivity contribution in [2.24, 2.45) is 0 Å². The first kappa shape index (κ1) is 17.7. The summed E-state index contributed by atoms with van der Waals surface area (Å²) >= 11 is 0. The molecule has 1 aliphatic carbocycles. The highest BCUT2D eigenvalue weighted by molar-refractivity contribution is 5.37. The zero-order valence-corrected chi connectivity index (χ0v) is 15.1. The van der Waals surface area contributed by atoms with Crippen LogP contribution in [0.2, 0.25) is 0 Å². The number of nitrogens with zero attached hydrogens (tertiary/aromatic N) is 1. The Morgan fingerprint density at radius 1 is 1.12 bits per heavy atom. The van der Waals surface area contributed by atoms with Gasteiger partial charge in [0.1, 0.15) is 5.75 Å². The van der Waals surface area contributed by atoms with E-state index in [4.69, 9.17) is 9.47 Å². The smallest absolute Gasteiger partial charge is 0.123 e. The van der Waals surface area contributed by atoms with E-state index in [1.54, 1.807) is 7.11 Å². The van der Waals surface area contributed by atoms with Crippen LogP contribution < -0.4 is 10.1 Å². The Labute approximate surface area is 146 Å². The minimum atomic E-state index is 0.692. The molecule has 24 heavy (non-hydrogen) atoms. The van der Waals surface area contributed by atoms with E-state index in [9.17, 15) is 0 Å². The molecular formula is C20H32N2O2. The molecule has 0 radical (unpaired) electrons. The van der Waals surface area contributed by atoms with Gasteiger partial charge in [-0.2, -0.15) is 0 Å². The number of rotatable bonds is 6. The third-order valence-electron chi connectivity index (χ3n) is 5.29. The lowest BCUT2D eigenvalue weighted by Gasteiger charge is -2.27. The van der Waals surface area contributed by atoms with Gasteiger partial charge in [-0.15, -0.1) is 0 Å². The number of hydrogen-bond acceptors (Lipinski definition) is 4. The van der Waals surface area contributed by atoms with E-state index in [1.165, 1.54) is 49.7 Å². The van der Waals surface area contributed by atoms with Crippen LogP contribution in [0.5, 0.6) is 5.75 Å². The van der Waals surface area contributed by atoms with Crippen molar-refractivity contribution >= 4 is 0 Å². The third kappa shape index (κ3) is 5.20. The van der Waals surface area contributed by atoms with Crippen molar-refractivity contribution in [3.63, 3.8) is 0 Å². The fraction of sp³-hybridized carbons (Fsp3) is 0.700. The fourth-order valence-corrected chi connectivity index (χ4v) is 3.81. The standard InChI is InChI=1S/C20H32N2O2/c1-23-20-9-8-17(15-21-19-6-4-2-3-5-7-19)14-18(20)16-22-10-12-24-13-11-22/h8-9,14,19,21H,2-7,10-13,15-16H2,1H3. The molecule has 4 heteroatoms. The molecular weight excluding hydrogens is 300 g/mol. The Morgan fingerprint density at radius 2 is 1.88 bits per heavy atom. The summed E-state index contributed by atoms with van der Waals surface area (Å²) in [4.78, 5) is 2.45. The van der Waals surface area contributed by atoms with Gasteiger partial charge >= 0.3 is 0 Å². The normalized spacial score (nSPS) is 20.7. The highest BCUT2D eigenvalue weighted by Crippen LogP contribution is 2.23. The van der Waals surface area contributed by atoms with Crippen LogP contribution >= 0.6 is 0 Å². The zero-order chi connectivity index (χ0) is 16.6. The largest absolute Gasteiger partial charge is 0.496 e. The Bertz CT molecular complexity index is 492. The van der Waals surface area contributed by atoms with Crippen molar-refractivity contribution in [2.75, 3.05) is 33.4 Å². The molecule has 1 N–H and O–H groups in total. The van der Waals surface area contributed by atoms with Crippen LogP contribution in [0.3, 0.4) is 0 Å². The Morgan fingerprint density at radius 3 is 2.58 bits per heavy atom. The number of nitrogens with one attached hydrogen (secondary N) is 1. The Balaban J connectivity index is 1.59. The molecule has 1 aromatic carbocycles. The zero-order valence-electron chi connectivity index (χ0n) is 15.1. The Kier molecular flexibility index (Phi) is 6.94. The summed E-state index contributed by atoms with van der Waals surface area (Å²) in [5.74, 6) is 1.000. The van der Waals surface area contributed by atoms with Crippen molar-refractivity contribution < 1.29 is 9.47 Å². The number of ether oxygens (including phenoxy) is 2. The highest BCUT2D eigenvalue weighted by Gasteiger charge is 2.15. The lowest BCUT2D eigenvalue weighted by Crippen LogP contribution is -2.35. The second-order valence-electron chi connectivity index (χ2n) is 7.10. The summed E-state index contributed by atoms with van der Waals surface area (Å²) in [6, 6.07) is 7.33. The first-order valence-electron chi connectivity index (χ1n) is 9.54. The topological polar surface area (TPSA) is 33.7 Å². The maximum atomic E-state index is 5.57. The van der Waals surface area contributed by atoms with Gasteiger partial charge in [-0.3, -0.25) is 4.90 Å². The van der Waals surface area contributed by atoms with Crippen LogP contribution in [0.25, 0.3) is 0 Å². The van der Waals surface area contributed by atoms with Crippen molar-refractivity contribution in [3.8, 4) is 5.75 Å². The van der Waals surface area contributed by atoms with Gasteiger partial charge in [-0.05, 0) is 30.5 Å². The van der Waals surface area contributed by atoms with E-state index in [1.807, 2.05) is 0 Å². The molecule has 4 nitrogen and oxygen atoms in total. The molecule has 1 aliphatic heterocycles. The minimum absolute atomic E-state index is 0.692. The number of benzene rings is 1. The lowest BCUT2D eigenvalue weighted by atomic mass is 10.1. The van der Waals surface area contributed by atoms with Crippen LogP contribution in [-0.4, -0.2) is 44.4 Å². The molecule has 0 amide bonds. The molecule has 2 aliphatic rings. The molecule has 2 fully saturated rings. The SMILES string of the molecule is COc1ccc(CNC2CCCCCC2)cc1CN1CCOCC1. The molecule has 0 unspecified atom stereocenters. The lowest BCUT2D eigenvalue weighted by molar-refractivity contribution is 0.0339. The molecule has 1 aromatic rings. The summed E-state index contributed by atoms with van der Waals surface area (Å²) in [6.07, 6.45) is 8.23. The van der Waals surface area contributed by atoms with Gasteiger partial charge in [0.05, 0.1) is 20.3 Å². The average Bonchev–Trinajstić information content (AvgIpc) is 2.90. The van der Waals surface area contributed by atoms with Crippen LogP contribution in [0.15, 0.2) is 18.2 Å². The van der Waals surface area contributed by atoms with E-state index >= 15 is 0 Å². The first-order valence-corrected chi connectivity index (χ1v) is 9.54. The monoisotopic (exact) mass is 332 g/mol. The summed E-state index contributed by atoms with van der Waals surface area (Å²) in [5, 5.41) is 3.77. The predicted molar refractivity (Wildman–Crippen MR) is 97.4 cm³/mol. The first-order chi connectivity index (χ1) is 11.8. The van der Waals surface area contributed by atoms with Gasteiger partial charge in [0.2, 0.25) is 0 Å². The number of hydrogen-bond donors (Lipinski definition) is 1. The molecule has 0 spiro atoms. The third-order valence-corrected chi connectivity index (χ3v) is 5.29. The van der Waals surface area contributed by atoms with Gasteiger partial charge in [0.25, 0.3) is 0 Å². The van der Waals surface area contributed by atoms with Crippen LogP contribution in [0.1, 0.15) is 49.7 Å². The van der Waals surface area contributed by atoms with Crippen molar-refractivity contribution in [2.45, 2.75) is 57.7 Å². The van der Waals surface area contributed by atoms with Gasteiger partial charge in [0.15, 0.2) is 0 Å². The minimum Gasteiger partial charge on any atom is -0.496 e.